The van der Waals surface area contributed by atoms with Gasteiger partial charge in [-0.2, -0.15) is 0 Å². The summed E-state index contributed by atoms with van der Waals surface area (Å²) in [5, 5.41) is 3.83. The number of benzene rings is 1. The zero-order chi connectivity index (χ0) is 13.1. The Hall–Kier alpha value is -1.61. The van der Waals surface area contributed by atoms with Crippen LogP contribution < -0.4 is 5.32 Å². The Morgan fingerprint density at radius 3 is 2.67 bits per heavy atom. The van der Waals surface area contributed by atoms with Gasteiger partial charge in [0.1, 0.15) is 11.6 Å². The van der Waals surface area contributed by atoms with Gasteiger partial charge in [0.25, 0.3) is 0 Å². The van der Waals surface area contributed by atoms with Gasteiger partial charge in [-0.1, -0.05) is 30.7 Å². The first-order valence-electron chi connectivity index (χ1n) is 5.97. The molecule has 1 aromatic heterocycles. The van der Waals surface area contributed by atoms with Gasteiger partial charge in [-0.3, -0.25) is 0 Å². The van der Waals surface area contributed by atoms with E-state index in [1.807, 2.05) is 45.2 Å². The molecule has 18 heavy (non-hydrogen) atoms. The Morgan fingerprint density at radius 2 is 2.06 bits per heavy atom. The summed E-state index contributed by atoms with van der Waals surface area (Å²) in [6, 6.07) is 7.74. The fourth-order valence-electron chi connectivity index (χ4n) is 1.88. The van der Waals surface area contributed by atoms with E-state index in [1.54, 1.807) is 0 Å². The molecule has 0 aliphatic carbocycles. The van der Waals surface area contributed by atoms with Crippen LogP contribution in [-0.4, -0.2) is 17.0 Å². The number of rotatable bonds is 3. The highest BCUT2D eigenvalue weighted by Gasteiger charge is 2.11. The highest BCUT2D eigenvalue weighted by Crippen LogP contribution is 2.27. The molecule has 3 nitrogen and oxygen atoms in total. The molecule has 0 saturated carbocycles. The minimum absolute atomic E-state index is 0.717. The number of aryl methyl sites for hydroxylation is 1. The van der Waals surface area contributed by atoms with Crippen LogP contribution in [-0.2, 0) is 6.42 Å². The molecule has 0 spiro atoms. The maximum Gasteiger partial charge on any atom is 0.132 e. The quantitative estimate of drug-likeness (QED) is 0.915. The number of nitrogens with one attached hydrogen (secondary N) is 1. The molecule has 0 unspecified atom stereocenters. The predicted molar refractivity (Wildman–Crippen MR) is 76.1 cm³/mol. The molecule has 0 atom stereocenters. The van der Waals surface area contributed by atoms with Crippen molar-refractivity contribution in [2.24, 2.45) is 0 Å². The van der Waals surface area contributed by atoms with E-state index in [1.165, 1.54) is 0 Å². The van der Waals surface area contributed by atoms with Gasteiger partial charge < -0.3 is 5.32 Å². The molecular weight excluding hydrogens is 246 g/mol. The smallest absolute Gasteiger partial charge is 0.132 e. The first kappa shape index (κ1) is 12.8. The lowest BCUT2D eigenvalue weighted by Gasteiger charge is -2.12. The van der Waals surface area contributed by atoms with E-state index in [0.29, 0.717) is 0 Å². The number of aromatic nitrogens is 2. The molecular formula is C14H16ClN3. The second kappa shape index (κ2) is 5.36. The molecule has 0 fully saturated rings. The summed E-state index contributed by atoms with van der Waals surface area (Å²) in [5.41, 5.74) is 3.00. The Morgan fingerprint density at radius 1 is 1.28 bits per heavy atom. The molecule has 2 rings (SSSR count). The topological polar surface area (TPSA) is 37.8 Å². The van der Waals surface area contributed by atoms with Crippen molar-refractivity contribution in [3.63, 3.8) is 0 Å². The summed E-state index contributed by atoms with van der Waals surface area (Å²) in [7, 11) is 1.87. The number of nitrogens with zero attached hydrogens (tertiary/aromatic N) is 2. The molecule has 4 heteroatoms. The molecule has 2 aromatic rings. The number of anilines is 1. The second-order valence-electron chi connectivity index (χ2n) is 4.08. The van der Waals surface area contributed by atoms with Crippen LogP contribution in [0.15, 0.2) is 24.3 Å². The van der Waals surface area contributed by atoms with Crippen molar-refractivity contribution in [3.8, 4) is 11.3 Å². The fraction of sp³-hybridized carbons (Fsp3) is 0.286. The van der Waals surface area contributed by atoms with Gasteiger partial charge in [-0.05, 0) is 19.1 Å². The van der Waals surface area contributed by atoms with Gasteiger partial charge in [-0.15, -0.1) is 0 Å². The van der Waals surface area contributed by atoms with Crippen LogP contribution >= 0.6 is 11.6 Å². The zero-order valence-electron chi connectivity index (χ0n) is 10.8. The predicted octanol–water partition coefficient (Wildman–Crippen LogP) is 3.71. The van der Waals surface area contributed by atoms with E-state index in [2.05, 4.69) is 15.3 Å². The second-order valence-corrected chi connectivity index (χ2v) is 4.51. The molecule has 0 aliphatic heterocycles. The summed E-state index contributed by atoms with van der Waals surface area (Å²) in [6.45, 7) is 4.06. The van der Waals surface area contributed by atoms with Gasteiger partial charge in [0, 0.05) is 29.6 Å². The van der Waals surface area contributed by atoms with Crippen molar-refractivity contribution in [3.05, 3.63) is 40.7 Å². The summed E-state index contributed by atoms with van der Waals surface area (Å²) in [4.78, 5) is 9.06. The molecule has 0 amide bonds. The molecule has 0 radical (unpaired) electrons. The lowest BCUT2D eigenvalue weighted by atomic mass is 10.1. The number of halogens is 1. The van der Waals surface area contributed by atoms with Crippen LogP contribution in [0, 0.1) is 6.92 Å². The SMILES string of the molecule is CCc1nc(NC)c(C)c(-c2cccc(Cl)c2)n1. The average molecular weight is 262 g/mol. The van der Waals surface area contributed by atoms with E-state index in [4.69, 9.17) is 11.6 Å². The third kappa shape index (κ3) is 2.46. The van der Waals surface area contributed by atoms with Crippen LogP contribution in [0.3, 0.4) is 0 Å². The van der Waals surface area contributed by atoms with Crippen LogP contribution in [0.4, 0.5) is 5.82 Å². The van der Waals surface area contributed by atoms with Crippen LogP contribution in [0.1, 0.15) is 18.3 Å². The van der Waals surface area contributed by atoms with E-state index >= 15 is 0 Å². The molecule has 94 valence electrons. The molecule has 1 N–H and O–H groups in total. The summed E-state index contributed by atoms with van der Waals surface area (Å²) < 4.78 is 0. The first-order valence-corrected chi connectivity index (χ1v) is 6.34. The minimum atomic E-state index is 0.717. The van der Waals surface area contributed by atoms with Crippen molar-refractivity contribution in [1.82, 2.24) is 9.97 Å². The van der Waals surface area contributed by atoms with Gasteiger partial charge >= 0.3 is 0 Å². The van der Waals surface area contributed by atoms with Crippen molar-refractivity contribution >= 4 is 17.4 Å². The number of hydrogen-bond donors (Lipinski definition) is 1. The maximum atomic E-state index is 6.04. The van der Waals surface area contributed by atoms with Gasteiger partial charge in [0.2, 0.25) is 0 Å². The van der Waals surface area contributed by atoms with Crippen molar-refractivity contribution in [2.75, 3.05) is 12.4 Å². The highest BCUT2D eigenvalue weighted by atomic mass is 35.5. The lowest BCUT2D eigenvalue weighted by molar-refractivity contribution is 0.936. The minimum Gasteiger partial charge on any atom is -0.373 e. The van der Waals surface area contributed by atoms with Crippen molar-refractivity contribution in [1.29, 1.82) is 0 Å². The van der Waals surface area contributed by atoms with Crippen LogP contribution in [0.5, 0.6) is 0 Å². The fourth-order valence-corrected chi connectivity index (χ4v) is 2.07. The Balaban J connectivity index is 2.62. The Kier molecular flexibility index (Phi) is 3.82. The summed E-state index contributed by atoms with van der Waals surface area (Å²) >= 11 is 6.04. The standard InChI is InChI=1S/C14H16ClN3/c1-4-12-17-13(9(2)14(16-3)18-12)10-6-5-7-11(15)8-10/h5-8H,4H2,1-3H3,(H,16,17,18). The van der Waals surface area contributed by atoms with Gasteiger partial charge in [0.15, 0.2) is 0 Å². The van der Waals surface area contributed by atoms with Crippen molar-refractivity contribution in [2.45, 2.75) is 20.3 Å². The van der Waals surface area contributed by atoms with Crippen LogP contribution in [0.25, 0.3) is 11.3 Å². The van der Waals surface area contributed by atoms with E-state index in [0.717, 1.165) is 39.9 Å². The lowest BCUT2D eigenvalue weighted by Crippen LogP contribution is -2.04. The van der Waals surface area contributed by atoms with Crippen LogP contribution in [0.2, 0.25) is 5.02 Å². The average Bonchev–Trinajstić information content (AvgIpc) is 2.39. The van der Waals surface area contributed by atoms with Gasteiger partial charge in [0.05, 0.1) is 5.69 Å². The Labute approximate surface area is 112 Å². The third-order valence-corrected chi connectivity index (χ3v) is 3.08. The van der Waals surface area contributed by atoms with E-state index in [-0.39, 0.29) is 0 Å². The van der Waals surface area contributed by atoms with Gasteiger partial charge in [-0.25, -0.2) is 9.97 Å². The summed E-state index contributed by atoms with van der Waals surface area (Å²) in [6.07, 6.45) is 0.808. The molecule has 0 saturated heterocycles. The third-order valence-electron chi connectivity index (χ3n) is 2.84. The van der Waals surface area contributed by atoms with E-state index < -0.39 is 0 Å². The Bertz CT molecular complexity index is 567. The zero-order valence-corrected chi connectivity index (χ0v) is 11.5. The molecule has 0 aliphatic rings. The maximum absolute atomic E-state index is 6.04. The van der Waals surface area contributed by atoms with Crippen molar-refractivity contribution < 1.29 is 0 Å². The molecule has 1 aromatic carbocycles. The normalized spacial score (nSPS) is 10.4. The first-order chi connectivity index (χ1) is 8.65. The molecule has 0 bridgehead atoms. The molecule has 1 heterocycles. The monoisotopic (exact) mass is 261 g/mol. The highest BCUT2D eigenvalue weighted by molar-refractivity contribution is 6.30. The van der Waals surface area contributed by atoms with E-state index in [9.17, 15) is 0 Å². The summed E-state index contributed by atoms with van der Waals surface area (Å²) in [5.74, 6) is 1.71. The number of hydrogen-bond acceptors (Lipinski definition) is 3. The largest absolute Gasteiger partial charge is 0.373 e.